The molecule has 1 aromatic carbocycles. The van der Waals surface area contributed by atoms with Gasteiger partial charge in [0.25, 0.3) is 0 Å². The van der Waals surface area contributed by atoms with Crippen molar-refractivity contribution in [1.82, 2.24) is 19.7 Å². The van der Waals surface area contributed by atoms with E-state index in [4.69, 9.17) is 0 Å². The summed E-state index contributed by atoms with van der Waals surface area (Å²) < 4.78 is 16.0. The van der Waals surface area contributed by atoms with Gasteiger partial charge in [-0.3, -0.25) is 4.79 Å². The smallest absolute Gasteiger partial charge is 0.226 e. The van der Waals surface area contributed by atoms with Crippen LogP contribution in [-0.2, 0) is 17.9 Å². The molecule has 1 aliphatic heterocycles. The molecule has 1 fully saturated rings. The van der Waals surface area contributed by atoms with Crippen LogP contribution in [0, 0.1) is 11.7 Å². The number of amides is 1. The van der Waals surface area contributed by atoms with Crippen molar-refractivity contribution in [3.8, 4) is 0 Å². The average Bonchev–Trinajstić information content (AvgIpc) is 3.24. The number of aromatic nitrogens is 3. The molecule has 0 spiro atoms. The first-order valence-electron chi connectivity index (χ1n) is 8.51. The second-order valence-corrected chi connectivity index (χ2v) is 7.01. The van der Waals surface area contributed by atoms with Crippen molar-refractivity contribution in [3.63, 3.8) is 0 Å². The molecule has 24 heavy (non-hydrogen) atoms. The highest BCUT2D eigenvalue weighted by atomic mass is 19.1. The van der Waals surface area contributed by atoms with Crippen LogP contribution in [0.4, 0.5) is 4.39 Å². The van der Waals surface area contributed by atoms with Crippen LogP contribution >= 0.6 is 0 Å². The minimum Gasteiger partial charge on any atom is -0.333 e. The molecule has 0 radical (unpaired) electrons. The standard InChI is InChI=1S/C18H21FN4O/c1-11(2)17-21-20-16-10-22(7-8-23(16)17)18(24)14-9-13(14)12-5-3-4-6-15(12)19/h3-6,11,13-14H,7-10H2,1-2H3/t13-,14-/m0/s1. The van der Waals surface area contributed by atoms with Crippen LogP contribution in [0.2, 0.25) is 0 Å². The second-order valence-electron chi connectivity index (χ2n) is 7.01. The summed E-state index contributed by atoms with van der Waals surface area (Å²) in [5.74, 6) is 1.98. The number of nitrogens with zero attached hydrogens (tertiary/aromatic N) is 4. The zero-order chi connectivity index (χ0) is 16.8. The summed E-state index contributed by atoms with van der Waals surface area (Å²) in [5.41, 5.74) is 0.665. The van der Waals surface area contributed by atoms with E-state index in [1.54, 1.807) is 12.1 Å². The lowest BCUT2D eigenvalue weighted by Gasteiger charge is -2.28. The molecule has 0 bridgehead atoms. The summed E-state index contributed by atoms with van der Waals surface area (Å²) in [7, 11) is 0. The van der Waals surface area contributed by atoms with Gasteiger partial charge in [0.05, 0.1) is 6.54 Å². The van der Waals surface area contributed by atoms with E-state index in [9.17, 15) is 9.18 Å². The Morgan fingerprint density at radius 1 is 1.25 bits per heavy atom. The number of rotatable bonds is 3. The highest BCUT2D eigenvalue weighted by Crippen LogP contribution is 2.49. The molecule has 4 rings (SSSR count). The maximum atomic E-state index is 13.9. The van der Waals surface area contributed by atoms with Gasteiger partial charge >= 0.3 is 0 Å². The van der Waals surface area contributed by atoms with Gasteiger partial charge in [0.2, 0.25) is 5.91 Å². The first-order valence-corrected chi connectivity index (χ1v) is 8.51. The van der Waals surface area contributed by atoms with Crippen LogP contribution in [-0.4, -0.2) is 32.1 Å². The molecule has 0 N–H and O–H groups in total. The number of hydrogen-bond donors (Lipinski definition) is 0. The van der Waals surface area contributed by atoms with E-state index in [-0.39, 0.29) is 23.6 Å². The molecule has 2 atom stereocenters. The summed E-state index contributed by atoms with van der Waals surface area (Å²) in [6.45, 7) is 6.10. The fourth-order valence-corrected chi connectivity index (χ4v) is 3.62. The Kier molecular flexibility index (Phi) is 3.62. The highest BCUT2D eigenvalue weighted by Gasteiger charge is 2.47. The fourth-order valence-electron chi connectivity index (χ4n) is 3.62. The van der Waals surface area contributed by atoms with Crippen LogP contribution in [0.3, 0.4) is 0 Å². The van der Waals surface area contributed by atoms with Gasteiger partial charge in [-0.05, 0) is 24.0 Å². The van der Waals surface area contributed by atoms with Crippen LogP contribution in [0.25, 0.3) is 0 Å². The monoisotopic (exact) mass is 328 g/mol. The maximum absolute atomic E-state index is 13.9. The predicted molar refractivity (Wildman–Crippen MR) is 86.8 cm³/mol. The zero-order valence-corrected chi connectivity index (χ0v) is 13.9. The van der Waals surface area contributed by atoms with Gasteiger partial charge in [0.1, 0.15) is 11.6 Å². The van der Waals surface area contributed by atoms with Gasteiger partial charge in [-0.15, -0.1) is 10.2 Å². The van der Waals surface area contributed by atoms with E-state index in [0.717, 1.165) is 24.6 Å². The Labute approximate surface area is 140 Å². The van der Waals surface area contributed by atoms with Crippen molar-refractivity contribution in [2.75, 3.05) is 6.54 Å². The number of halogens is 1. The maximum Gasteiger partial charge on any atom is 0.226 e. The Balaban J connectivity index is 1.46. The molecular weight excluding hydrogens is 307 g/mol. The zero-order valence-electron chi connectivity index (χ0n) is 13.9. The molecule has 2 aliphatic rings. The Morgan fingerprint density at radius 2 is 2.04 bits per heavy atom. The SMILES string of the molecule is CC(C)c1nnc2n1CCN(C(=O)[C@H]1C[C@H]1c1ccccc1F)C2. The van der Waals surface area contributed by atoms with Gasteiger partial charge in [-0.1, -0.05) is 32.0 Å². The van der Waals surface area contributed by atoms with Crippen molar-refractivity contribution in [1.29, 1.82) is 0 Å². The van der Waals surface area contributed by atoms with Gasteiger partial charge in [0.15, 0.2) is 5.82 Å². The summed E-state index contributed by atoms with van der Waals surface area (Å²) in [4.78, 5) is 14.6. The minimum atomic E-state index is -0.210. The number of fused-ring (bicyclic) bond motifs is 1. The van der Waals surface area contributed by atoms with E-state index < -0.39 is 0 Å². The van der Waals surface area contributed by atoms with Crippen molar-refractivity contribution in [2.45, 2.75) is 45.2 Å². The number of carbonyl (C=O) groups is 1. The van der Waals surface area contributed by atoms with E-state index in [1.165, 1.54) is 6.07 Å². The topological polar surface area (TPSA) is 51.0 Å². The van der Waals surface area contributed by atoms with Crippen LogP contribution in [0.1, 0.15) is 49.3 Å². The fraction of sp³-hybridized carbons (Fsp3) is 0.500. The normalized spacial score (nSPS) is 22.6. The molecule has 1 amide bonds. The molecule has 0 saturated heterocycles. The Bertz CT molecular complexity index is 785. The van der Waals surface area contributed by atoms with Gasteiger partial charge in [-0.25, -0.2) is 4.39 Å². The Morgan fingerprint density at radius 3 is 2.79 bits per heavy atom. The third kappa shape index (κ3) is 2.50. The molecule has 6 heteroatoms. The highest BCUT2D eigenvalue weighted by molar-refractivity contribution is 5.83. The van der Waals surface area contributed by atoms with Crippen molar-refractivity contribution in [3.05, 3.63) is 47.3 Å². The van der Waals surface area contributed by atoms with Crippen LogP contribution < -0.4 is 0 Å². The molecule has 0 unspecified atom stereocenters. The lowest BCUT2D eigenvalue weighted by molar-refractivity contribution is -0.134. The van der Waals surface area contributed by atoms with Gasteiger partial charge in [0, 0.05) is 24.9 Å². The second kappa shape index (κ2) is 5.69. The average molecular weight is 328 g/mol. The lowest BCUT2D eigenvalue weighted by Crippen LogP contribution is -2.39. The third-order valence-electron chi connectivity index (χ3n) is 5.02. The molecule has 126 valence electrons. The summed E-state index contributed by atoms with van der Waals surface area (Å²) in [5, 5.41) is 8.49. The molecule has 2 heterocycles. The summed E-state index contributed by atoms with van der Waals surface area (Å²) in [6.07, 6.45) is 0.736. The minimum absolute atomic E-state index is 0.0183. The van der Waals surface area contributed by atoms with E-state index in [2.05, 4.69) is 28.6 Å². The summed E-state index contributed by atoms with van der Waals surface area (Å²) in [6, 6.07) is 6.76. The van der Waals surface area contributed by atoms with Crippen LogP contribution in [0.15, 0.2) is 24.3 Å². The molecular formula is C18H21FN4O. The van der Waals surface area contributed by atoms with Crippen molar-refractivity contribution < 1.29 is 9.18 Å². The van der Waals surface area contributed by atoms with E-state index in [1.807, 2.05) is 11.0 Å². The largest absolute Gasteiger partial charge is 0.333 e. The molecule has 1 saturated carbocycles. The van der Waals surface area contributed by atoms with Crippen molar-refractivity contribution >= 4 is 5.91 Å². The number of carbonyl (C=O) groups excluding carboxylic acids is 1. The quantitative estimate of drug-likeness (QED) is 0.870. The Hall–Kier alpha value is -2.24. The first-order chi connectivity index (χ1) is 11.6. The van der Waals surface area contributed by atoms with E-state index in [0.29, 0.717) is 24.6 Å². The van der Waals surface area contributed by atoms with Gasteiger partial charge in [-0.2, -0.15) is 0 Å². The number of benzene rings is 1. The molecule has 2 aromatic rings. The molecule has 5 nitrogen and oxygen atoms in total. The van der Waals surface area contributed by atoms with Gasteiger partial charge < -0.3 is 9.47 Å². The molecule has 1 aliphatic carbocycles. The molecule has 1 aromatic heterocycles. The first kappa shape index (κ1) is 15.3. The van der Waals surface area contributed by atoms with E-state index >= 15 is 0 Å². The number of hydrogen-bond acceptors (Lipinski definition) is 3. The van der Waals surface area contributed by atoms with Crippen LogP contribution in [0.5, 0.6) is 0 Å². The van der Waals surface area contributed by atoms with Crippen molar-refractivity contribution in [2.24, 2.45) is 5.92 Å². The predicted octanol–water partition coefficient (Wildman–Crippen LogP) is 2.69. The lowest BCUT2D eigenvalue weighted by atomic mass is 10.1. The third-order valence-corrected chi connectivity index (χ3v) is 5.02. The summed E-state index contributed by atoms with van der Waals surface area (Å²) >= 11 is 0.